The zero-order valence-corrected chi connectivity index (χ0v) is 12.8. The summed E-state index contributed by atoms with van der Waals surface area (Å²) in [5.41, 5.74) is 1.14. The van der Waals surface area contributed by atoms with Crippen molar-refractivity contribution >= 4 is 9.84 Å². The van der Waals surface area contributed by atoms with Crippen LogP contribution in [0.1, 0.15) is 5.56 Å². The number of hydrogen-bond donors (Lipinski definition) is 1. The number of rotatable bonds is 7. The van der Waals surface area contributed by atoms with Crippen LogP contribution >= 0.6 is 0 Å². The van der Waals surface area contributed by atoms with E-state index in [1.54, 1.807) is 31.4 Å². The molecular formula is C16H19NO3S. The monoisotopic (exact) mass is 305 g/mol. The van der Waals surface area contributed by atoms with Gasteiger partial charge >= 0.3 is 0 Å². The quantitative estimate of drug-likeness (QED) is 0.797. The van der Waals surface area contributed by atoms with Crippen molar-refractivity contribution < 1.29 is 13.2 Å². The summed E-state index contributed by atoms with van der Waals surface area (Å²) in [4.78, 5) is 0.324. The predicted molar refractivity (Wildman–Crippen MR) is 83.2 cm³/mol. The van der Waals surface area contributed by atoms with Crippen molar-refractivity contribution in [1.29, 1.82) is 0 Å². The summed E-state index contributed by atoms with van der Waals surface area (Å²) in [6.07, 6.45) is 0. The van der Waals surface area contributed by atoms with E-state index in [0.717, 1.165) is 5.56 Å². The number of benzene rings is 2. The van der Waals surface area contributed by atoms with Crippen molar-refractivity contribution in [3.63, 3.8) is 0 Å². The fraction of sp³-hybridized carbons (Fsp3) is 0.250. The summed E-state index contributed by atoms with van der Waals surface area (Å²) >= 11 is 0. The highest BCUT2D eigenvalue weighted by Crippen LogP contribution is 2.16. The van der Waals surface area contributed by atoms with Crippen molar-refractivity contribution in [2.75, 3.05) is 19.4 Å². The Morgan fingerprint density at radius 1 is 1.00 bits per heavy atom. The van der Waals surface area contributed by atoms with Gasteiger partial charge in [0.25, 0.3) is 0 Å². The Labute approximate surface area is 125 Å². The van der Waals surface area contributed by atoms with Gasteiger partial charge in [0, 0.05) is 13.1 Å². The molecule has 112 valence electrons. The molecule has 0 amide bonds. The Bertz CT molecular complexity index is 652. The molecule has 0 bridgehead atoms. The second-order valence-corrected chi connectivity index (χ2v) is 6.77. The lowest BCUT2D eigenvalue weighted by molar-refractivity contribution is 0.414. The van der Waals surface area contributed by atoms with Crippen LogP contribution in [0, 0.1) is 0 Å². The Morgan fingerprint density at radius 2 is 1.67 bits per heavy atom. The van der Waals surface area contributed by atoms with Crippen LogP contribution in [0.2, 0.25) is 0 Å². The zero-order valence-electron chi connectivity index (χ0n) is 12.0. The van der Waals surface area contributed by atoms with Crippen LogP contribution in [0.15, 0.2) is 59.5 Å². The Balaban J connectivity index is 1.86. The lowest BCUT2D eigenvalue weighted by Crippen LogP contribution is -2.22. The minimum absolute atomic E-state index is 0.0756. The fourth-order valence-corrected chi connectivity index (χ4v) is 3.14. The van der Waals surface area contributed by atoms with Crippen LogP contribution in [0.25, 0.3) is 0 Å². The lowest BCUT2D eigenvalue weighted by atomic mass is 10.2. The van der Waals surface area contributed by atoms with Gasteiger partial charge in [0.15, 0.2) is 9.84 Å². The third-order valence-electron chi connectivity index (χ3n) is 3.14. The van der Waals surface area contributed by atoms with Gasteiger partial charge in [0.05, 0.1) is 17.8 Å². The van der Waals surface area contributed by atoms with E-state index >= 15 is 0 Å². The molecule has 0 fully saturated rings. The highest BCUT2D eigenvalue weighted by molar-refractivity contribution is 7.91. The molecule has 0 aromatic heterocycles. The maximum Gasteiger partial charge on any atom is 0.179 e. The second-order valence-electron chi connectivity index (χ2n) is 4.66. The number of methoxy groups -OCH3 is 1. The molecule has 4 nitrogen and oxygen atoms in total. The van der Waals surface area contributed by atoms with Gasteiger partial charge < -0.3 is 10.1 Å². The van der Waals surface area contributed by atoms with Gasteiger partial charge in [-0.1, -0.05) is 30.3 Å². The fourth-order valence-electron chi connectivity index (χ4n) is 1.94. The minimum Gasteiger partial charge on any atom is -0.497 e. The molecule has 5 heteroatoms. The molecule has 0 atom stereocenters. The van der Waals surface area contributed by atoms with Crippen LogP contribution in [0.3, 0.4) is 0 Å². The summed E-state index contributed by atoms with van der Waals surface area (Å²) in [6.45, 7) is 1.09. The Kier molecular flexibility index (Phi) is 5.36. The van der Waals surface area contributed by atoms with Crippen LogP contribution in [0.4, 0.5) is 0 Å². The summed E-state index contributed by atoms with van der Waals surface area (Å²) < 4.78 is 29.3. The average molecular weight is 305 g/mol. The van der Waals surface area contributed by atoms with Crippen LogP contribution in [-0.2, 0) is 16.4 Å². The average Bonchev–Trinajstić information content (AvgIpc) is 2.53. The number of sulfone groups is 1. The maximum atomic E-state index is 12.2. The van der Waals surface area contributed by atoms with Crippen LogP contribution < -0.4 is 10.1 Å². The number of ether oxygens (including phenoxy) is 1. The maximum absolute atomic E-state index is 12.2. The predicted octanol–water partition coefficient (Wildman–Crippen LogP) is 2.26. The smallest absolute Gasteiger partial charge is 0.179 e. The molecule has 21 heavy (non-hydrogen) atoms. The van der Waals surface area contributed by atoms with Crippen molar-refractivity contribution in [3.8, 4) is 5.75 Å². The highest BCUT2D eigenvalue weighted by Gasteiger charge is 2.13. The van der Waals surface area contributed by atoms with Crippen LogP contribution in [-0.4, -0.2) is 27.8 Å². The minimum atomic E-state index is -3.26. The number of nitrogens with one attached hydrogen (secondary N) is 1. The molecule has 0 saturated heterocycles. The van der Waals surface area contributed by atoms with Crippen molar-refractivity contribution in [2.24, 2.45) is 0 Å². The van der Waals surface area contributed by atoms with E-state index in [0.29, 0.717) is 23.7 Å². The van der Waals surface area contributed by atoms with Crippen LogP contribution in [0.5, 0.6) is 5.75 Å². The molecule has 0 spiro atoms. The highest BCUT2D eigenvalue weighted by atomic mass is 32.2. The normalized spacial score (nSPS) is 11.3. The van der Waals surface area contributed by atoms with Gasteiger partial charge in [0.1, 0.15) is 5.75 Å². The largest absolute Gasteiger partial charge is 0.497 e. The van der Waals surface area contributed by atoms with E-state index in [9.17, 15) is 8.42 Å². The van der Waals surface area contributed by atoms with Crippen molar-refractivity contribution in [2.45, 2.75) is 11.4 Å². The molecule has 0 saturated carbocycles. The van der Waals surface area contributed by atoms with Gasteiger partial charge in [-0.15, -0.1) is 0 Å². The first-order valence-electron chi connectivity index (χ1n) is 6.73. The van der Waals surface area contributed by atoms with Gasteiger partial charge in [0.2, 0.25) is 0 Å². The lowest BCUT2D eigenvalue weighted by Gasteiger charge is -2.07. The van der Waals surface area contributed by atoms with E-state index in [4.69, 9.17) is 4.74 Å². The Morgan fingerprint density at radius 3 is 2.29 bits per heavy atom. The molecule has 2 aromatic rings. The first kappa shape index (κ1) is 15.5. The first-order valence-corrected chi connectivity index (χ1v) is 8.38. The van der Waals surface area contributed by atoms with E-state index in [-0.39, 0.29) is 5.75 Å². The molecule has 2 rings (SSSR count). The SMILES string of the molecule is COc1ccc(S(=O)(=O)CCNCc2ccccc2)cc1. The molecule has 0 unspecified atom stereocenters. The number of hydrogen-bond acceptors (Lipinski definition) is 4. The van der Waals surface area contributed by atoms with Gasteiger partial charge in [-0.25, -0.2) is 8.42 Å². The molecule has 0 heterocycles. The molecule has 0 aliphatic heterocycles. The molecular weight excluding hydrogens is 286 g/mol. The molecule has 2 aromatic carbocycles. The molecule has 0 aliphatic rings. The summed E-state index contributed by atoms with van der Waals surface area (Å²) in [7, 11) is -1.71. The van der Waals surface area contributed by atoms with E-state index in [2.05, 4.69) is 5.32 Å². The van der Waals surface area contributed by atoms with Crippen molar-refractivity contribution in [3.05, 3.63) is 60.2 Å². The second kappa shape index (κ2) is 7.24. The third kappa shape index (κ3) is 4.58. The third-order valence-corrected chi connectivity index (χ3v) is 4.87. The summed E-state index contributed by atoms with van der Waals surface area (Å²) in [5.74, 6) is 0.725. The van der Waals surface area contributed by atoms with E-state index in [1.807, 2.05) is 30.3 Å². The summed E-state index contributed by atoms with van der Waals surface area (Å²) in [5, 5.41) is 3.15. The molecule has 0 radical (unpaired) electrons. The van der Waals surface area contributed by atoms with Gasteiger partial charge in [-0.2, -0.15) is 0 Å². The molecule has 1 N–H and O–H groups in total. The Hall–Kier alpha value is -1.85. The van der Waals surface area contributed by atoms with Gasteiger partial charge in [-0.3, -0.25) is 0 Å². The van der Waals surface area contributed by atoms with E-state index in [1.165, 1.54) is 0 Å². The van der Waals surface area contributed by atoms with Crippen molar-refractivity contribution in [1.82, 2.24) is 5.32 Å². The van der Waals surface area contributed by atoms with Gasteiger partial charge in [-0.05, 0) is 29.8 Å². The zero-order chi connectivity index (χ0) is 15.1. The topological polar surface area (TPSA) is 55.4 Å². The van der Waals surface area contributed by atoms with E-state index < -0.39 is 9.84 Å². The molecule has 0 aliphatic carbocycles. The summed E-state index contributed by atoms with van der Waals surface area (Å²) in [6, 6.07) is 16.4. The standard InChI is InChI=1S/C16H19NO3S/c1-20-15-7-9-16(10-8-15)21(18,19)12-11-17-13-14-5-3-2-4-6-14/h2-10,17H,11-13H2,1H3. The first-order chi connectivity index (χ1) is 10.1.